The molecule has 2 saturated carbocycles. The Morgan fingerprint density at radius 3 is 2.80 bits per heavy atom. The molecule has 0 N–H and O–H groups in total. The minimum atomic E-state index is -2.54. The van der Waals surface area contributed by atoms with Crippen LogP contribution >= 0.6 is 11.8 Å². The third-order valence-corrected chi connectivity index (χ3v) is 9.23. The fourth-order valence-electron chi connectivity index (χ4n) is 5.24. The highest BCUT2D eigenvalue weighted by molar-refractivity contribution is 8.17. The molecule has 30 heavy (non-hydrogen) atoms. The number of Topliss-reactive ketones (excluding diaryl/α,β-unsaturated/α-hetero) is 1. The van der Waals surface area contributed by atoms with E-state index in [4.69, 9.17) is 4.53 Å². The zero-order valence-electron chi connectivity index (χ0n) is 17.4. The van der Waals surface area contributed by atoms with E-state index >= 15 is 0 Å². The highest BCUT2D eigenvalue weighted by Crippen LogP contribution is 2.65. The molecular weight excluding hydrogens is 412 g/mol. The van der Waals surface area contributed by atoms with Gasteiger partial charge in [-0.3, -0.25) is 4.79 Å². The molecule has 0 amide bonds. The number of carbonyl (C=O) groups excluding carboxylic acids is 1. The van der Waals surface area contributed by atoms with Crippen molar-refractivity contribution in [3.8, 4) is 6.07 Å². The second kappa shape index (κ2) is 7.75. The highest BCUT2D eigenvalue weighted by atomic mass is 32.2. The van der Waals surface area contributed by atoms with Crippen molar-refractivity contribution in [3.05, 3.63) is 52.4 Å². The number of fused-ring (bicyclic) bond motifs is 2. The summed E-state index contributed by atoms with van der Waals surface area (Å²) in [6.07, 6.45) is 4.22. The molecule has 5 nitrogen and oxygen atoms in total. The van der Waals surface area contributed by atoms with E-state index in [1.165, 1.54) is 11.8 Å². The standard InChI is InChI=1S/C23H24N2O3SSi/c1-15-6-4-5-7-17(15)19(13-24)18-9-11-29-21(18)25-28-30(27)14-23-10-8-16(12-20(23)26)22(23,2)3/h4-7,9,11,16H,8,10,12,14H2,1-3H3/b19-18+,25-21-. The van der Waals surface area contributed by atoms with E-state index in [0.717, 1.165) is 24.0 Å². The van der Waals surface area contributed by atoms with Crippen molar-refractivity contribution >= 4 is 37.1 Å². The van der Waals surface area contributed by atoms with Gasteiger partial charge in [-0.25, -0.2) is 0 Å². The van der Waals surface area contributed by atoms with Crippen LogP contribution in [0.5, 0.6) is 0 Å². The maximum atomic E-state index is 12.8. The van der Waals surface area contributed by atoms with Gasteiger partial charge in [0.25, 0.3) is 0 Å². The van der Waals surface area contributed by atoms with E-state index in [0.29, 0.717) is 28.5 Å². The lowest BCUT2D eigenvalue weighted by Gasteiger charge is -2.35. The van der Waals surface area contributed by atoms with Crippen LogP contribution in [0.2, 0.25) is 6.04 Å². The first kappa shape index (κ1) is 20.9. The van der Waals surface area contributed by atoms with Gasteiger partial charge >= 0.3 is 8.93 Å². The smallest absolute Gasteiger partial charge is 0.379 e. The Balaban J connectivity index is 1.56. The Bertz CT molecular complexity index is 1070. The van der Waals surface area contributed by atoms with Gasteiger partial charge in [-0.1, -0.05) is 55.0 Å². The van der Waals surface area contributed by atoms with Crippen LogP contribution < -0.4 is 0 Å². The number of nitriles is 1. The number of carbonyl (C=O) groups is 1. The van der Waals surface area contributed by atoms with Crippen LogP contribution in [0.4, 0.5) is 0 Å². The largest absolute Gasteiger partial charge is 0.531 e. The number of allylic oxidation sites excluding steroid dienone is 2. The molecule has 2 aliphatic carbocycles. The van der Waals surface area contributed by atoms with Crippen molar-refractivity contribution in [1.29, 1.82) is 5.26 Å². The summed E-state index contributed by atoms with van der Waals surface area (Å²) >= 11 is 1.34. The summed E-state index contributed by atoms with van der Waals surface area (Å²) in [6.45, 7) is 6.20. The lowest BCUT2D eigenvalue weighted by molar-refractivity contribution is -0.128. The van der Waals surface area contributed by atoms with Gasteiger partial charge in [0, 0.05) is 23.5 Å². The Morgan fingerprint density at radius 2 is 2.17 bits per heavy atom. The van der Waals surface area contributed by atoms with Crippen LogP contribution in [0.1, 0.15) is 44.2 Å². The predicted molar refractivity (Wildman–Crippen MR) is 119 cm³/mol. The van der Waals surface area contributed by atoms with E-state index in [1.54, 1.807) is 0 Å². The van der Waals surface area contributed by atoms with Crippen LogP contribution in [0, 0.1) is 35.0 Å². The summed E-state index contributed by atoms with van der Waals surface area (Å²) in [4.78, 5) is 12.7. The van der Waals surface area contributed by atoms with Gasteiger partial charge in [-0.15, -0.1) is 0 Å². The summed E-state index contributed by atoms with van der Waals surface area (Å²) in [7, 11) is -2.54. The average Bonchev–Trinajstić information content (AvgIpc) is 3.31. The summed E-state index contributed by atoms with van der Waals surface area (Å²) < 4.78 is 18.3. The molecule has 2 bridgehead atoms. The highest BCUT2D eigenvalue weighted by Gasteiger charge is 2.65. The molecule has 0 aromatic heterocycles. The van der Waals surface area contributed by atoms with E-state index < -0.39 is 14.3 Å². The third kappa shape index (κ3) is 3.23. The number of hydrogen-bond acceptors (Lipinski definition) is 6. The van der Waals surface area contributed by atoms with E-state index in [9.17, 15) is 14.5 Å². The molecule has 2 atom stereocenters. The molecule has 1 aromatic carbocycles. The zero-order valence-corrected chi connectivity index (χ0v) is 19.2. The SMILES string of the molecule is Cc1ccccc1/C(C#N)=C1\C=CS\C1=N/O[Si](=O)CC12CCC(CC1=O)C2(C)C. The number of thioether (sulfide) groups is 1. The van der Waals surface area contributed by atoms with Crippen molar-refractivity contribution in [3.63, 3.8) is 0 Å². The molecule has 0 radical (unpaired) electrons. The normalized spacial score (nSPS) is 29.3. The molecule has 154 valence electrons. The fraction of sp³-hybridized carbons (Fsp3) is 0.435. The van der Waals surface area contributed by atoms with Crippen molar-refractivity contribution < 1.29 is 13.8 Å². The Labute approximate surface area is 182 Å². The Morgan fingerprint density at radius 1 is 1.40 bits per heavy atom. The van der Waals surface area contributed by atoms with Crippen LogP contribution in [0.15, 0.2) is 46.5 Å². The van der Waals surface area contributed by atoms with Gasteiger partial charge in [0.15, 0.2) is 0 Å². The van der Waals surface area contributed by atoms with Crippen LogP contribution in [-0.4, -0.2) is 19.8 Å². The fourth-order valence-corrected chi connectivity index (χ4v) is 7.59. The molecule has 4 rings (SSSR count). The second-order valence-electron chi connectivity index (χ2n) is 8.84. The van der Waals surface area contributed by atoms with Gasteiger partial charge in [0.1, 0.15) is 16.9 Å². The van der Waals surface area contributed by atoms with Gasteiger partial charge < -0.3 is 8.99 Å². The van der Waals surface area contributed by atoms with Crippen molar-refractivity contribution in [2.45, 2.75) is 46.1 Å². The molecular formula is C23H24N2O3SSi. The number of rotatable bonds is 5. The van der Waals surface area contributed by atoms with Gasteiger partial charge in [-0.2, -0.15) is 5.26 Å². The van der Waals surface area contributed by atoms with Crippen LogP contribution in [0.25, 0.3) is 5.57 Å². The molecule has 1 heterocycles. The maximum absolute atomic E-state index is 12.8. The molecule has 2 fully saturated rings. The number of nitrogens with zero attached hydrogens (tertiary/aromatic N) is 2. The molecule has 1 aromatic rings. The number of benzene rings is 1. The van der Waals surface area contributed by atoms with Crippen molar-refractivity contribution in [2.24, 2.45) is 21.9 Å². The first-order chi connectivity index (χ1) is 14.3. The summed E-state index contributed by atoms with van der Waals surface area (Å²) in [5.41, 5.74) is 2.33. The molecule has 0 spiro atoms. The quantitative estimate of drug-likeness (QED) is 0.361. The number of hydrogen-bond donors (Lipinski definition) is 0. The summed E-state index contributed by atoms with van der Waals surface area (Å²) in [5, 5.41) is 16.3. The summed E-state index contributed by atoms with van der Waals surface area (Å²) in [5.74, 6) is 0.602. The third-order valence-electron chi connectivity index (χ3n) is 7.26. The van der Waals surface area contributed by atoms with Gasteiger partial charge in [0.2, 0.25) is 0 Å². The Kier molecular flexibility index (Phi) is 5.41. The van der Waals surface area contributed by atoms with Crippen LogP contribution in [0.3, 0.4) is 0 Å². The lowest BCUT2D eigenvalue weighted by atomic mass is 9.70. The number of aryl methyl sites for hydroxylation is 1. The first-order valence-electron chi connectivity index (χ1n) is 10.2. The molecule has 3 aliphatic rings. The maximum Gasteiger partial charge on any atom is 0.531 e. The molecule has 0 saturated heterocycles. The number of oxime groups is 1. The van der Waals surface area contributed by atoms with Crippen LogP contribution in [-0.2, 0) is 13.8 Å². The molecule has 7 heteroatoms. The first-order valence-corrected chi connectivity index (χ1v) is 12.6. The molecule has 1 aliphatic heterocycles. The van der Waals surface area contributed by atoms with Gasteiger partial charge in [-0.05, 0) is 53.7 Å². The lowest BCUT2D eigenvalue weighted by Crippen LogP contribution is -2.38. The minimum Gasteiger partial charge on any atom is -0.379 e. The molecule has 2 unspecified atom stereocenters. The predicted octanol–water partition coefficient (Wildman–Crippen LogP) is 5.18. The zero-order chi connectivity index (χ0) is 21.5. The topological polar surface area (TPSA) is 79.5 Å². The van der Waals surface area contributed by atoms with Crippen molar-refractivity contribution in [2.75, 3.05) is 0 Å². The van der Waals surface area contributed by atoms with Gasteiger partial charge in [0.05, 0.1) is 5.57 Å². The number of ketones is 1. The minimum absolute atomic E-state index is 0.144. The summed E-state index contributed by atoms with van der Waals surface area (Å²) in [6, 6.07) is 10.2. The van der Waals surface area contributed by atoms with E-state index in [1.807, 2.05) is 42.7 Å². The monoisotopic (exact) mass is 436 g/mol. The average molecular weight is 437 g/mol. The van der Waals surface area contributed by atoms with Crippen molar-refractivity contribution in [1.82, 2.24) is 0 Å². The second-order valence-corrected chi connectivity index (χ2v) is 11.0. The van der Waals surface area contributed by atoms with E-state index in [-0.39, 0.29) is 17.2 Å². The Hall–Kier alpha value is -2.30. The van der Waals surface area contributed by atoms with E-state index in [2.05, 4.69) is 25.1 Å².